The first-order chi connectivity index (χ1) is 9.09. The molecule has 99 valence electrons. The van der Waals surface area contributed by atoms with Crippen LogP contribution in [0.15, 0.2) is 16.7 Å². The van der Waals surface area contributed by atoms with E-state index in [2.05, 4.69) is 15.0 Å². The van der Waals surface area contributed by atoms with Crippen molar-refractivity contribution < 1.29 is 10.2 Å². The fraction of sp³-hybridized carbons (Fsp3) is 0.364. The minimum atomic E-state index is -0.663. The smallest absolute Gasteiger partial charge is 0.280 e. The Morgan fingerprint density at radius 1 is 1.63 bits per heavy atom. The molecule has 2 aromatic heterocycles. The summed E-state index contributed by atoms with van der Waals surface area (Å²) in [5.74, 6) is 0.00527. The van der Waals surface area contributed by atoms with Crippen LogP contribution in [0.3, 0.4) is 0 Å². The zero-order valence-corrected chi connectivity index (χ0v) is 9.96. The van der Waals surface area contributed by atoms with Gasteiger partial charge in [-0.25, -0.2) is 10.1 Å². The molecule has 2 heterocycles. The lowest BCUT2D eigenvalue weighted by molar-refractivity contribution is 0.0946. The van der Waals surface area contributed by atoms with Gasteiger partial charge < -0.3 is 10.8 Å². The molecule has 0 amide bonds. The second-order valence-corrected chi connectivity index (χ2v) is 4.69. The number of anilines is 1. The average Bonchev–Trinajstić information content (AvgIpc) is 2.94. The lowest BCUT2D eigenvalue weighted by atomic mass is 10.1. The van der Waals surface area contributed by atoms with Gasteiger partial charge in [0.1, 0.15) is 6.33 Å². The van der Waals surface area contributed by atoms with Gasteiger partial charge in [0.05, 0.1) is 13.2 Å². The highest BCUT2D eigenvalue weighted by Crippen LogP contribution is 2.51. The van der Waals surface area contributed by atoms with Crippen LogP contribution in [-0.4, -0.2) is 37.8 Å². The van der Waals surface area contributed by atoms with Crippen LogP contribution in [0.4, 0.5) is 5.95 Å². The predicted molar refractivity (Wildman–Crippen MR) is 66.5 cm³/mol. The molecule has 1 fully saturated rings. The number of H-pyrrole nitrogens is 1. The number of nitrogens with one attached hydrogen (secondary N) is 1. The molecule has 0 aromatic carbocycles. The van der Waals surface area contributed by atoms with Crippen LogP contribution >= 0.6 is 0 Å². The number of aromatic nitrogens is 4. The summed E-state index contributed by atoms with van der Waals surface area (Å²) >= 11 is 0. The molecule has 19 heavy (non-hydrogen) atoms. The van der Waals surface area contributed by atoms with E-state index in [1.165, 1.54) is 6.33 Å². The molecule has 8 nitrogen and oxygen atoms in total. The van der Waals surface area contributed by atoms with Crippen molar-refractivity contribution in [3.63, 3.8) is 0 Å². The molecule has 3 rings (SSSR count). The molecule has 1 atom stereocenters. The van der Waals surface area contributed by atoms with Crippen molar-refractivity contribution in [2.24, 2.45) is 5.41 Å². The van der Waals surface area contributed by atoms with Crippen LogP contribution in [-0.2, 0) is 5.11 Å². The highest BCUT2D eigenvalue weighted by molar-refractivity contribution is 5.73. The minimum Gasteiger partial charge on any atom is -0.395 e. The predicted octanol–water partition coefficient (Wildman–Crippen LogP) is -0.644. The maximum Gasteiger partial charge on any atom is 0.280 e. The summed E-state index contributed by atoms with van der Waals surface area (Å²) in [6.45, 7) is -0.538. The largest absolute Gasteiger partial charge is 0.395 e. The first-order valence-corrected chi connectivity index (χ1v) is 5.72. The average molecular weight is 262 g/mol. The third-order valence-electron chi connectivity index (χ3n) is 3.41. The fourth-order valence-corrected chi connectivity index (χ4v) is 2.06. The molecule has 8 heteroatoms. The maximum absolute atomic E-state index is 11.6. The van der Waals surface area contributed by atoms with Crippen LogP contribution in [0.1, 0.15) is 6.42 Å². The molecule has 4 N–H and O–H groups in total. The Hall–Kier alpha value is -2.19. The van der Waals surface area contributed by atoms with Gasteiger partial charge in [0.2, 0.25) is 5.95 Å². The van der Waals surface area contributed by atoms with E-state index in [0.717, 1.165) is 5.57 Å². The molecular formula is C11H12N5O3. The number of imidazole rings is 1. The highest BCUT2D eigenvalue weighted by Gasteiger charge is 2.48. The Morgan fingerprint density at radius 3 is 3.05 bits per heavy atom. The Labute approximate surface area is 107 Å². The molecular weight excluding hydrogens is 250 g/mol. The molecule has 1 unspecified atom stereocenters. The summed E-state index contributed by atoms with van der Waals surface area (Å²) in [6.07, 6.45) is 3.66. The third kappa shape index (κ3) is 1.72. The summed E-state index contributed by atoms with van der Waals surface area (Å²) in [5.41, 5.74) is 5.75. The van der Waals surface area contributed by atoms with Crippen molar-refractivity contribution in [3.05, 3.63) is 22.3 Å². The molecule has 0 saturated heterocycles. The number of rotatable bonds is 3. The van der Waals surface area contributed by atoms with Gasteiger partial charge >= 0.3 is 0 Å². The summed E-state index contributed by atoms with van der Waals surface area (Å²) < 4.78 is 1.54. The quantitative estimate of drug-likeness (QED) is 0.677. The Bertz CT molecular complexity index is 725. The van der Waals surface area contributed by atoms with Gasteiger partial charge in [0.25, 0.3) is 5.56 Å². The second-order valence-electron chi connectivity index (χ2n) is 4.69. The number of nitrogens with two attached hydrogens (primary N) is 1. The number of hydrogen-bond acceptors (Lipinski definition) is 5. The Morgan fingerprint density at radius 2 is 2.42 bits per heavy atom. The summed E-state index contributed by atoms with van der Waals surface area (Å²) in [7, 11) is 0. The lowest BCUT2D eigenvalue weighted by Gasteiger charge is -2.03. The topological polar surface area (TPSA) is 130 Å². The van der Waals surface area contributed by atoms with Gasteiger partial charge in [-0.1, -0.05) is 0 Å². The van der Waals surface area contributed by atoms with E-state index in [1.807, 2.05) is 0 Å². The molecule has 0 aliphatic heterocycles. The van der Waals surface area contributed by atoms with Gasteiger partial charge in [0.15, 0.2) is 11.2 Å². The van der Waals surface area contributed by atoms with Gasteiger partial charge in [-0.15, -0.1) is 0 Å². The fourth-order valence-electron chi connectivity index (χ4n) is 2.06. The van der Waals surface area contributed by atoms with Crippen molar-refractivity contribution >= 4 is 23.3 Å². The standard InChI is InChI=1S/C11H12N5O3/c12-10-14-8-7(9(19)15-10)13-5-16(8)2-6-1-11(6,3-17)4-18/h2,5,17H,1,3-4H2,(H3,12,14,15,19)/b6-2-. The maximum atomic E-state index is 11.6. The van der Waals surface area contributed by atoms with Gasteiger partial charge in [-0.3, -0.25) is 14.3 Å². The number of fused-ring (bicyclic) bond motifs is 1. The van der Waals surface area contributed by atoms with E-state index in [9.17, 15) is 15.0 Å². The lowest BCUT2D eigenvalue weighted by Crippen LogP contribution is -2.12. The van der Waals surface area contributed by atoms with Crippen LogP contribution < -0.4 is 11.3 Å². The Kier molecular flexibility index (Phi) is 2.44. The zero-order chi connectivity index (χ0) is 13.6. The number of aliphatic hydroxyl groups is 1. The second kappa shape index (κ2) is 3.90. The number of nitrogens with zero attached hydrogens (tertiary/aromatic N) is 3. The van der Waals surface area contributed by atoms with E-state index in [1.54, 1.807) is 10.8 Å². The van der Waals surface area contributed by atoms with E-state index in [4.69, 9.17) is 5.73 Å². The van der Waals surface area contributed by atoms with Crippen LogP contribution in [0.5, 0.6) is 0 Å². The zero-order valence-electron chi connectivity index (χ0n) is 9.96. The van der Waals surface area contributed by atoms with Gasteiger partial charge in [-0.05, 0) is 12.0 Å². The molecule has 1 aliphatic carbocycles. The normalized spacial score (nSPS) is 19.2. The van der Waals surface area contributed by atoms with Crippen LogP contribution in [0, 0.1) is 5.41 Å². The van der Waals surface area contributed by atoms with E-state index >= 15 is 0 Å². The van der Waals surface area contributed by atoms with Crippen molar-refractivity contribution in [1.82, 2.24) is 19.5 Å². The summed E-state index contributed by atoms with van der Waals surface area (Å²) in [6, 6.07) is 0. The first kappa shape index (κ1) is 11.9. The van der Waals surface area contributed by atoms with Crippen molar-refractivity contribution in [2.45, 2.75) is 6.42 Å². The van der Waals surface area contributed by atoms with Gasteiger partial charge in [0, 0.05) is 11.6 Å². The molecule has 2 aromatic rings. The molecule has 0 spiro atoms. The number of hydrogen-bond donors (Lipinski definition) is 3. The van der Waals surface area contributed by atoms with E-state index in [0.29, 0.717) is 12.1 Å². The number of aliphatic hydroxyl groups excluding tert-OH is 1. The van der Waals surface area contributed by atoms with Crippen LogP contribution in [0.25, 0.3) is 17.4 Å². The van der Waals surface area contributed by atoms with Crippen molar-refractivity contribution in [3.8, 4) is 0 Å². The highest BCUT2D eigenvalue weighted by atomic mass is 16.3. The molecule has 1 aliphatic rings. The first-order valence-electron chi connectivity index (χ1n) is 5.72. The summed E-state index contributed by atoms with van der Waals surface area (Å²) in [5, 5.41) is 20.2. The number of nitrogen functional groups attached to an aromatic ring is 1. The van der Waals surface area contributed by atoms with Crippen molar-refractivity contribution in [2.75, 3.05) is 18.9 Å². The molecule has 0 bridgehead atoms. The summed E-state index contributed by atoms with van der Waals surface area (Å²) in [4.78, 5) is 21.9. The molecule has 1 saturated carbocycles. The molecule has 1 radical (unpaired) electrons. The van der Waals surface area contributed by atoms with E-state index < -0.39 is 11.0 Å². The van der Waals surface area contributed by atoms with Crippen molar-refractivity contribution in [1.29, 1.82) is 0 Å². The van der Waals surface area contributed by atoms with Crippen LogP contribution in [0.2, 0.25) is 0 Å². The SMILES string of the molecule is Nc1nc2c(ncn2/C=C2/CC2(C[O])CO)c(=O)[nH]1. The monoisotopic (exact) mass is 262 g/mol. The minimum absolute atomic E-state index is 0.00527. The number of aromatic amines is 1. The van der Waals surface area contributed by atoms with E-state index in [-0.39, 0.29) is 24.7 Å². The Balaban J connectivity index is 2.09. The third-order valence-corrected chi connectivity index (χ3v) is 3.41. The van der Waals surface area contributed by atoms with Gasteiger partial charge in [-0.2, -0.15) is 4.98 Å².